The van der Waals surface area contributed by atoms with Crippen LogP contribution in [0.5, 0.6) is 0 Å². The largest absolute Gasteiger partial charge is 0.342 e. The minimum atomic E-state index is -0.249. The Morgan fingerprint density at radius 3 is 2.85 bits per heavy atom. The summed E-state index contributed by atoms with van der Waals surface area (Å²) in [5.41, 5.74) is 7.13. The lowest BCUT2D eigenvalue weighted by Crippen LogP contribution is -2.17. The molecule has 2 N–H and O–H groups in total. The van der Waals surface area contributed by atoms with Gasteiger partial charge in [-0.05, 0) is 47.7 Å². The maximum atomic E-state index is 12.3. The summed E-state index contributed by atoms with van der Waals surface area (Å²) in [6.45, 7) is 2.01. The molecule has 2 heterocycles. The second-order valence-electron chi connectivity index (χ2n) is 6.24. The van der Waals surface area contributed by atoms with Crippen molar-refractivity contribution in [2.75, 3.05) is 0 Å². The van der Waals surface area contributed by atoms with E-state index >= 15 is 0 Å². The molecular formula is C21H18N4OS. The molecule has 6 heteroatoms. The van der Waals surface area contributed by atoms with Gasteiger partial charge in [-0.2, -0.15) is 5.10 Å². The van der Waals surface area contributed by atoms with Crippen molar-refractivity contribution in [3.8, 4) is 0 Å². The Balaban J connectivity index is 1.48. The number of benzene rings is 2. The molecule has 0 unspecified atom stereocenters. The van der Waals surface area contributed by atoms with E-state index in [1.165, 1.54) is 5.56 Å². The maximum absolute atomic E-state index is 12.3. The number of nitrogens with one attached hydrogen (secondary N) is 2. The van der Waals surface area contributed by atoms with Crippen LogP contribution in [0, 0.1) is 6.92 Å². The zero-order valence-electron chi connectivity index (χ0n) is 14.8. The highest BCUT2D eigenvalue weighted by molar-refractivity contribution is 7.11. The zero-order valence-corrected chi connectivity index (χ0v) is 15.6. The molecule has 0 saturated carbocycles. The minimum Gasteiger partial charge on any atom is -0.342 e. The first-order valence-electron chi connectivity index (χ1n) is 8.59. The van der Waals surface area contributed by atoms with Crippen molar-refractivity contribution in [2.24, 2.45) is 5.10 Å². The van der Waals surface area contributed by atoms with E-state index in [0.717, 1.165) is 33.7 Å². The molecule has 0 radical (unpaired) electrons. The van der Waals surface area contributed by atoms with Gasteiger partial charge in [0.1, 0.15) is 5.82 Å². The normalized spacial score (nSPS) is 11.3. The summed E-state index contributed by atoms with van der Waals surface area (Å²) >= 11 is 1.59. The van der Waals surface area contributed by atoms with Gasteiger partial charge in [0.15, 0.2) is 0 Å². The number of thiophene rings is 1. The van der Waals surface area contributed by atoms with Gasteiger partial charge in [0.2, 0.25) is 0 Å². The summed E-state index contributed by atoms with van der Waals surface area (Å²) in [5.74, 6) is 0.626. The molecule has 2 aromatic carbocycles. The third kappa shape index (κ3) is 3.96. The molecule has 0 aliphatic carbocycles. The Morgan fingerprint density at radius 2 is 2.07 bits per heavy atom. The van der Waals surface area contributed by atoms with Crippen LogP contribution in [0.25, 0.3) is 11.0 Å². The second kappa shape index (κ2) is 7.55. The van der Waals surface area contributed by atoms with Gasteiger partial charge in [0.25, 0.3) is 5.91 Å². The smallest absolute Gasteiger partial charge is 0.271 e. The molecule has 0 aliphatic rings. The predicted octanol–water partition coefficient (Wildman–Crippen LogP) is 4.29. The van der Waals surface area contributed by atoms with Crippen molar-refractivity contribution in [3.05, 3.63) is 87.4 Å². The molecule has 4 aromatic rings. The fourth-order valence-corrected chi connectivity index (χ4v) is 3.59. The number of nitrogens with zero attached hydrogens (tertiary/aromatic N) is 2. The van der Waals surface area contributed by atoms with Gasteiger partial charge in [-0.25, -0.2) is 10.4 Å². The first-order chi connectivity index (χ1) is 13.2. The summed E-state index contributed by atoms with van der Waals surface area (Å²) < 4.78 is 0. The molecular weight excluding hydrogens is 356 g/mol. The monoisotopic (exact) mass is 374 g/mol. The number of rotatable bonds is 5. The molecule has 5 nitrogen and oxygen atoms in total. The molecule has 134 valence electrons. The first kappa shape index (κ1) is 17.2. The lowest BCUT2D eigenvalue weighted by atomic mass is 10.1. The van der Waals surface area contributed by atoms with Crippen LogP contribution in [0.2, 0.25) is 0 Å². The van der Waals surface area contributed by atoms with Gasteiger partial charge in [-0.3, -0.25) is 4.79 Å². The summed E-state index contributed by atoms with van der Waals surface area (Å²) in [6.07, 6.45) is 2.39. The lowest BCUT2D eigenvalue weighted by Gasteiger charge is -1.99. The van der Waals surface area contributed by atoms with Crippen molar-refractivity contribution in [3.63, 3.8) is 0 Å². The van der Waals surface area contributed by atoms with Crippen LogP contribution in [-0.2, 0) is 6.42 Å². The fraction of sp³-hybridized carbons (Fsp3) is 0.0952. The maximum Gasteiger partial charge on any atom is 0.271 e. The van der Waals surface area contributed by atoms with Gasteiger partial charge in [0, 0.05) is 16.9 Å². The number of aryl methyl sites for hydroxylation is 1. The Hall–Kier alpha value is -3.25. The van der Waals surface area contributed by atoms with E-state index in [1.807, 2.05) is 42.6 Å². The third-order valence-electron chi connectivity index (χ3n) is 4.26. The van der Waals surface area contributed by atoms with Crippen molar-refractivity contribution in [1.82, 2.24) is 15.4 Å². The number of H-pyrrole nitrogens is 1. The van der Waals surface area contributed by atoms with Gasteiger partial charge >= 0.3 is 0 Å². The highest BCUT2D eigenvalue weighted by Crippen LogP contribution is 2.16. The molecule has 0 aliphatic heterocycles. The minimum absolute atomic E-state index is 0.249. The lowest BCUT2D eigenvalue weighted by molar-refractivity contribution is 0.0955. The van der Waals surface area contributed by atoms with E-state index in [-0.39, 0.29) is 5.91 Å². The second-order valence-corrected chi connectivity index (χ2v) is 7.19. The Labute approximate surface area is 160 Å². The molecule has 2 aromatic heterocycles. The molecule has 27 heavy (non-hydrogen) atoms. The molecule has 0 fully saturated rings. The van der Waals surface area contributed by atoms with Crippen molar-refractivity contribution < 1.29 is 4.79 Å². The van der Waals surface area contributed by atoms with Crippen LogP contribution in [0.1, 0.15) is 32.2 Å². The number of aromatic amines is 1. The van der Waals surface area contributed by atoms with Crippen LogP contribution in [0.4, 0.5) is 0 Å². The topological polar surface area (TPSA) is 70.1 Å². The number of aromatic nitrogens is 2. The number of hydrazone groups is 1. The van der Waals surface area contributed by atoms with Crippen molar-refractivity contribution in [1.29, 1.82) is 0 Å². The highest BCUT2D eigenvalue weighted by Gasteiger charge is 2.09. The Bertz CT molecular complexity index is 1110. The summed E-state index contributed by atoms with van der Waals surface area (Å²) in [5, 5.41) is 6.05. The van der Waals surface area contributed by atoms with Crippen LogP contribution in [0.15, 0.2) is 65.1 Å². The number of carbonyl (C=O) groups excluding carboxylic acids is 1. The number of carbonyl (C=O) groups is 1. The average Bonchev–Trinajstić information content (AvgIpc) is 3.27. The number of hydrogen-bond donors (Lipinski definition) is 2. The van der Waals surface area contributed by atoms with Crippen LogP contribution in [0.3, 0.4) is 0 Å². The number of amides is 1. The number of imidazole rings is 1. The Kier molecular flexibility index (Phi) is 4.80. The van der Waals surface area contributed by atoms with Gasteiger partial charge in [0.05, 0.1) is 17.2 Å². The van der Waals surface area contributed by atoms with Crippen molar-refractivity contribution in [2.45, 2.75) is 13.3 Å². The van der Waals surface area contributed by atoms with Crippen LogP contribution < -0.4 is 5.43 Å². The van der Waals surface area contributed by atoms with Crippen LogP contribution >= 0.6 is 11.3 Å². The fourth-order valence-electron chi connectivity index (χ4n) is 2.81. The highest BCUT2D eigenvalue weighted by atomic mass is 32.1. The summed E-state index contributed by atoms with van der Waals surface area (Å²) in [6, 6.07) is 17.6. The summed E-state index contributed by atoms with van der Waals surface area (Å²) in [4.78, 5) is 21.3. The predicted molar refractivity (Wildman–Crippen MR) is 109 cm³/mol. The zero-order chi connectivity index (χ0) is 18.6. The number of hydrogen-bond acceptors (Lipinski definition) is 4. The van der Waals surface area contributed by atoms with E-state index in [0.29, 0.717) is 5.56 Å². The molecule has 0 spiro atoms. The molecule has 1 amide bonds. The summed E-state index contributed by atoms with van der Waals surface area (Å²) in [7, 11) is 0. The van der Waals surface area contributed by atoms with Gasteiger partial charge in [-0.1, -0.05) is 30.3 Å². The third-order valence-corrected chi connectivity index (χ3v) is 5.21. The first-order valence-corrected chi connectivity index (χ1v) is 9.47. The number of fused-ring (bicyclic) bond motifs is 1. The molecule has 4 rings (SSSR count). The van der Waals surface area contributed by atoms with Gasteiger partial charge in [-0.15, -0.1) is 11.3 Å². The molecule has 0 saturated heterocycles. The molecule has 0 bridgehead atoms. The van der Waals surface area contributed by atoms with E-state index in [4.69, 9.17) is 0 Å². The van der Waals surface area contributed by atoms with E-state index in [2.05, 4.69) is 32.6 Å². The van der Waals surface area contributed by atoms with Gasteiger partial charge < -0.3 is 4.98 Å². The van der Waals surface area contributed by atoms with E-state index in [9.17, 15) is 4.79 Å². The Morgan fingerprint density at radius 1 is 1.22 bits per heavy atom. The standard InChI is InChI=1S/C21H18N4OS/c1-14-9-10-27-19(14)13-22-25-21(26)16-7-8-17-18(12-16)24-20(23-17)11-15-5-3-2-4-6-15/h2-10,12-13H,11H2,1H3,(H,23,24)(H,25,26)/b22-13-. The average molecular weight is 374 g/mol. The van der Waals surface area contributed by atoms with Crippen molar-refractivity contribution >= 4 is 34.5 Å². The quantitative estimate of drug-likeness (QED) is 0.404. The molecule has 0 atom stereocenters. The van der Waals surface area contributed by atoms with E-state index in [1.54, 1.807) is 29.7 Å². The van der Waals surface area contributed by atoms with E-state index < -0.39 is 0 Å². The van der Waals surface area contributed by atoms with Crippen LogP contribution in [-0.4, -0.2) is 22.1 Å². The SMILES string of the molecule is Cc1ccsc1/C=N\NC(=O)c1ccc2nc(Cc3ccccc3)[nH]c2c1.